The van der Waals surface area contributed by atoms with Crippen molar-refractivity contribution in [2.45, 2.75) is 13.2 Å². The van der Waals surface area contributed by atoms with Crippen LogP contribution in [0.4, 0.5) is 8.78 Å². The second kappa shape index (κ2) is 8.32. The minimum Gasteiger partial charge on any atom is -0.497 e. The van der Waals surface area contributed by atoms with Crippen molar-refractivity contribution < 1.29 is 27.8 Å². The summed E-state index contributed by atoms with van der Waals surface area (Å²) in [6, 6.07) is 11.1. The standard InChI is InChI=1S/C18H19F2NO4/c1-21(11-12-8-9-13(23-2)10-16(12)24-3)17(22)14-6-4-5-7-15(14)25-18(19)20/h4-10,18H,11H2,1-3H3. The van der Waals surface area contributed by atoms with Gasteiger partial charge in [0.05, 0.1) is 19.8 Å². The number of alkyl halides is 2. The van der Waals surface area contributed by atoms with Crippen LogP contribution in [0.3, 0.4) is 0 Å². The van der Waals surface area contributed by atoms with Gasteiger partial charge in [-0.2, -0.15) is 8.78 Å². The summed E-state index contributed by atoms with van der Waals surface area (Å²) in [4.78, 5) is 14.0. The summed E-state index contributed by atoms with van der Waals surface area (Å²) >= 11 is 0. The number of hydrogen-bond donors (Lipinski definition) is 0. The molecule has 0 spiro atoms. The first kappa shape index (κ1) is 18.5. The predicted molar refractivity (Wildman–Crippen MR) is 88.4 cm³/mol. The Morgan fingerprint density at radius 2 is 1.80 bits per heavy atom. The molecule has 0 unspecified atom stereocenters. The number of hydrogen-bond acceptors (Lipinski definition) is 4. The van der Waals surface area contributed by atoms with Crippen LogP contribution in [0.5, 0.6) is 17.2 Å². The van der Waals surface area contributed by atoms with Gasteiger partial charge in [0.25, 0.3) is 5.91 Å². The first-order chi connectivity index (χ1) is 12.0. The molecule has 0 saturated carbocycles. The van der Waals surface area contributed by atoms with Crippen molar-refractivity contribution >= 4 is 5.91 Å². The highest BCUT2D eigenvalue weighted by atomic mass is 19.3. The van der Waals surface area contributed by atoms with Gasteiger partial charge in [0.1, 0.15) is 17.2 Å². The number of rotatable bonds is 7. The molecule has 2 aromatic carbocycles. The minimum atomic E-state index is -3.00. The van der Waals surface area contributed by atoms with E-state index in [2.05, 4.69) is 4.74 Å². The maximum Gasteiger partial charge on any atom is 0.387 e. The van der Waals surface area contributed by atoms with E-state index < -0.39 is 12.5 Å². The molecule has 0 N–H and O–H groups in total. The molecule has 5 nitrogen and oxygen atoms in total. The summed E-state index contributed by atoms with van der Waals surface area (Å²) in [6.45, 7) is -2.77. The molecule has 0 aliphatic carbocycles. The van der Waals surface area contributed by atoms with E-state index in [0.29, 0.717) is 11.5 Å². The van der Waals surface area contributed by atoms with Crippen molar-refractivity contribution in [3.8, 4) is 17.2 Å². The molecule has 0 saturated heterocycles. The molecule has 0 aromatic heterocycles. The van der Waals surface area contributed by atoms with Crippen LogP contribution in [0.25, 0.3) is 0 Å². The number of methoxy groups -OCH3 is 2. The molecule has 0 aliphatic heterocycles. The van der Waals surface area contributed by atoms with E-state index in [1.54, 1.807) is 38.4 Å². The molecule has 25 heavy (non-hydrogen) atoms. The molecule has 0 atom stereocenters. The topological polar surface area (TPSA) is 48.0 Å². The maximum atomic E-state index is 12.6. The summed E-state index contributed by atoms with van der Waals surface area (Å²) in [7, 11) is 4.64. The highest BCUT2D eigenvalue weighted by Gasteiger charge is 2.20. The second-order valence-corrected chi connectivity index (χ2v) is 5.21. The van der Waals surface area contributed by atoms with E-state index in [1.807, 2.05) is 0 Å². The summed E-state index contributed by atoms with van der Waals surface area (Å²) in [5.74, 6) is 0.603. The van der Waals surface area contributed by atoms with Gasteiger partial charge in [-0.25, -0.2) is 0 Å². The molecule has 7 heteroatoms. The number of carbonyl (C=O) groups is 1. The van der Waals surface area contributed by atoms with Crippen LogP contribution in [0.15, 0.2) is 42.5 Å². The Morgan fingerprint density at radius 1 is 1.08 bits per heavy atom. The summed E-state index contributed by atoms with van der Waals surface area (Å²) < 4.78 is 39.9. The Labute approximate surface area is 144 Å². The van der Waals surface area contributed by atoms with E-state index >= 15 is 0 Å². The molecule has 0 heterocycles. The van der Waals surface area contributed by atoms with Gasteiger partial charge in [0, 0.05) is 25.2 Å². The smallest absolute Gasteiger partial charge is 0.387 e. The van der Waals surface area contributed by atoms with Crippen LogP contribution in [0, 0.1) is 0 Å². The predicted octanol–water partition coefficient (Wildman–Crippen LogP) is 3.58. The van der Waals surface area contributed by atoms with E-state index in [9.17, 15) is 13.6 Å². The third-order valence-electron chi connectivity index (χ3n) is 3.58. The zero-order valence-electron chi connectivity index (χ0n) is 14.2. The van der Waals surface area contributed by atoms with Gasteiger partial charge in [0.2, 0.25) is 0 Å². The summed E-state index contributed by atoms with van der Waals surface area (Å²) in [5, 5.41) is 0. The maximum absolute atomic E-state index is 12.6. The van der Waals surface area contributed by atoms with E-state index in [4.69, 9.17) is 9.47 Å². The molecule has 134 valence electrons. The van der Waals surface area contributed by atoms with Crippen LogP contribution in [0.2, 0.25) is 0 Å². The fraction of sp³-hybridized carbons (Fsp3) is 0.278. The Balaban J connectivity index is 2.21. The van der Waals surface area contributed by atoms with Crippen LogP contribution in [-0.4, -0.2) is 38.7 Å². The van der Waals surface area contributed by atoms with Crippen molar-refractivity contribution in [1.29, 1.82) is 0 Å². The van der Waals surface area contributed by atoms with Crippen molar-refractivity contribution in [2.24, 2.45) is 0 Å². The fourth-order valence-electron chi connectivity index (χ4n) is 2.36. The zero-order chi connectivity index (χ0) is 18.4. The highest BCUT2D eigenvalue weighted by molar-refractivity contribution is 5.96. The number of halogens is 2. The second-order valence-electron chi connectivity index (χ2n) is 5.21. The van der Waals surface area contributed by atoms with E-state index in [0.717, 1.165) is 5.56 Å². The molecule has 1 amide bonds. The molecular formula is C18H19F2NO4. The van der Waals surface area contributed by atoms with Gasteiger partial charge < -0.3 is 19.1 Å². The first-order valence-electron chi connectivity index (χ1n) is 7.46. The van der Waals surface area contributed by atoms with Crippen LogP contribution in [-0.2, 0) is 6.54 Å². The number of amides is 1. The lowest BCUT2D eigenvalue weighted by atomic mass is 10.1. The molecule has 0 bridgehead atoms. The first-order valence-corrected chi connectivity index (χ1v) is 7.46. The van der Waals surface area contributed by atoms with Crippen molar-refractivity contribution in [3.63, 3.8) is 0 Å². The molecule has 2 rings (SSSR count). The van der Waals surface area contributed by atoms with Gasteiger partial charge >= 0.3 is 6.61 Å². The highest BCUT2D eigenvalue weighted by Crippen LogP contribution is 2.27. The number of ether oxygens (including phenoxy) is 3. The number of carbonyl (C=O) groups excluding carboxylic acids is 1. The largest absolute Gasteiger partial charge is 0.497 e. The van der Waals surface area contributed by atoms with Crippen molar-refractivity contribution in [1.82, 2.24) is 4.90 Å². The number of para-hydroxylation sites is 1. The lowest BCUT2D eigenvalue weighted by Gasteiger charge is -2.20. The van der Waals surface area contributed by atoms with Crippen LogP contribution >= 0.6 is 0 Å². The summed E-state index contributed by atoms with van der Waals surface area (Å²) in [6.07, 6.45) is 0. The van der Waals surface area contributed by atoms with Gasteiger partial charge in [-0.3, -0.25) is 4.79 Å². The normalized spacial score (nSPS) is 10.5. The average molecular weight is 351 g/mol. The SMILES string of the molecule is COc1ccc(CN(C)C(=O)c2ccccc2OC(F)F)c(OC)c1. The zero-order valence-corrected chi connectivity index (χ0v) is 14.2. The minimum absolute atomic E-state index is 0.0674. The molecule has 0 fully saturated rings. The lowest BCUT2D eigenvalue weighted by Crippen LogP contribution is -2.27. The third kappa shape index (κ3) is 4.59. The Kier molecular flexibility index (Phi) is 6.16. The van der Waals surface area contributed by atoms with Crippen LogP contribution < -0.4 is 14.2 Å². The quantitative estimate of drug-likeness (QED) is 0.765. The lowest BCUT2D eigenvalue weighted by molar-refractivity contribution is -0.0502. The third-order valence-corrected chi connectivity index (χ3v) is 3.58. The summed E-state index contributed by atoms with van der Waals surface area (Å²) in [5.41, 5.74) is 0.823. The van der Waals surface area contributed by atoms with Gasteiger partial charge in [-0.1, -0.05) is 12.1 Å². The molecule has 0 aliphatic rings. The van der Waals surface area contributed by atoms with Crippen molar-refractivity contribution in [3.05, 3.63) is 53.6 Å². The Morgan fingerprint density at radius 3 is 2.44 bits per heavy atom. The van der Waals surface area contributed by atoms with E-state index in [-0.39, 0.29) is 17.9 Å². The van der Waals surface area contributed by atoms with Gasteiger partial charge in [0.15, 0.2) is 0 Å². The van der Waals surface area contributed by atoms with Gasteiger partial charge in [-0.15, -0.1) is 0 Å². The van der Waals surface area contributed by atoms with E-state index in [1.165, 1.54) is 30.2 Å². The number of nitrogens with zero attached hydrogens (tertiary/aromatic N) is 1. The monoisotopic (exact) mass is 351 g/mol. The molecule has 2 aromatic rings. The Bertz CT molecular complexity index is 737. The van der Waals surface area contributed by atoms with Gasteiger partial charge in [-0.05, 0) is 24.3 Å². The number of benzene rings is 2. The molecule has 0 radical (unpaired) electrons. The van der Waals surface area contributed by atoms with Crippen molar-refractivity contribution in [2.75, 3.05) is 21.3 Å². The molecular weight excluding hydrogens is 332 g/mol. The fourth-order valence-corrected chi connectivity index (χ4v) is 2.36. The average Bonchev–Trinajstić information content (AvgIpc) is 2.61. The van der Waals surface area contributed by atoms with Crippen LogP contribution in [0.1, 0.15) is 15.9 Å². The Hall–Kier alpha value is -2.83.